The molecule has 3 N–H and O–H groups in total. The third kappa shape index (κ3) is 3.42. The summed E-state index contributed by atoms with van der Waals surface area (Å²) in [6.07, 6.45) is 3.23. The zero-order chi connectivity index (χ0) is 16.2. The second-order valence-electron chi connectivity index (χ2n) is 5.06. The first-order chi connectivity index (χ1) is 11.2. The van der Waals surface area contributed by atoms with Crippen LogP contribution in [-0.4, -0.2) is 33.6 Å². The maximum absolute atomic E-state index is 12.0. The van der Waals surface area contributed by atoms with Crippen molar-refractivity contribution in [3.8, 4) is 0 Å². The number of urea groups is 1. The maximum atomic E-state index is 12.0. The van der Waals surface area contributed by atoms with Gasteiger partial charge in [0, 0.05) is 23.1 Å². The number of nitrogens with one attached hydrogen (secondary N) is 3. The van der Waals surface area contributed by atoms with Gasteiger partial charge in [-0.3, -0.25) is 9.89 Å². The van der Waals surface area contributed by atoms with Crippen molar-refractivity contribution in [3.63, 3.8) is 0 Å². The summed E-state index contributed by atoms with van der Waals surface area (Å²) >= 11 is 1.56. The van der Waals surface area contributed by atoms with Crippen LogP contribution in [0.4, 0.5) is 10.6 Å². The number of fused-ring (bicyclic) bond motifs is 1. The number of aromatic nitrogens is 2. The lowest BCUT2D eigenvalue weighted by Gasteiger charge is -2.15. The number of amides is 3. The minimum absolute atomic E-state index is 0.119. The number of carbonyl (C=O) groups excluding carboxylic acids is 2. The Labute approximate surface area is 137 Å². The molecule has 120 valence electrons. The van der Waals surface area contributed by atoms with Gasteiger partial charge >= 0.3 is 6.03 Å². The Morgan fingerprint density at radius 1 is 1.48 bits per heavy atom. The van der Waals surface area contributed by atoms with Crippen molar-refractivity contribution in [2.45, 2.75) is 20.0 Å². The van der Waals surface area contributed by atoms with E-state index in [0.717, 1.165) is 16.1 Å². The molecule has 1 aliphatic heterocycles. The number of aromatic amines is 1. The Morgan fingerprint density at radius 2 is 2.35 bits per heavy atom. The van der Waals surface area contributed by atoms with Crippen molar-refractivity contribution in [2.24, 2.45) is 0 Å². The molecule has 3 rings (SSSR count). The van der Waals surface area contributed by atoms with Crippen LogP contribution < -0.4 is 10.6 Å². The van der Waals surface area contributed by atoms with E-state index in [0.29, 0.717) is 25.5 Å². The molecular formula is C15H17N5O2S. The Hall–Kier alpha value is -2.61. The lowest BCUT2D eigenvalue weighted by molar-refractivity contribution is -0.111. The van der Waals surface area contributed by atoms with Gasteiger partial charge in [-0.1, -0.05) is 6.07 Å². The number of rotatable bonds is 4. The Kier molecular flexibility index (Phi) is 4.42. The molecule has 0 fully saturated rings. The number of hydrogen-bond acceptors (Lipinski definition) is 4. The molecule has 0 aliphatic carbocycles. The number of anilines is 1. The summed E-state index contributed by atoms with van der Waals surface area (Å²) in [5, 5.41) is 14.5. The lowest BCUT2D eigenvalue weighted by Crippen LogP contribution is -2.36. The molecule has 0 bridgehead atoms. The van der Waals surface area contributed by atoms with Gasteiger partial charge in [0.2, 0.25) is 5.91 Å². The highest BCUT2D eigenvalue weighted by molar-refractivity contribution is 7.10. The molecule has 2 aromatic heterocycles. The van der Waals surface area contributed by atoms with E-state index in [1.807, 2.05) is 24.4 Å². The molecule has 23 heavy (non-hydrogen) atoms. The van der Waals surface area contributed by atoms with Crippen LogP contribution in [0.2, 0.25) is 0 Å². The Morgan fingerprint density at radius 3 is 3.09 bits per heavy atom. The van der Waals surface area contributed by atoms with E-state index < -0.39 is 0 Å². The van der Waals surface area contributed by atoms with Gasteiger partial charge in [0.25, 0.3) is 0 Å². The molecule has 0 saturated heterocycles. The largest absolute Gasteiger partial charge is 0.338 e. The van der Waals surface area contributed by atoms with Crippen molar-refractivity contribution < 1.29 is 9.59 Å². The zero-order valence-electron chi connectivity index (χ0n) is 12.6. The van der Waals surface area contributed by atoms with Crippen molar-refractivity contribution in [1.29, 1.82) is 0 Å². The van der Waals surface area contributed by atoms with Gasteiger partial charge in [0.15, 0.2) is 5.82 Å². The fourth-order valence-electron chi connectivity index (χ4n) is 2.35. The topological polar surface area (TPSA) is 90.1 Å². The van der Waals surface area contributed by atoms with Gasteiger partial charge in [0.05, 0.1) is 18.8 Å². The van der Waals surface area contributed by atoms with Crippen LogP contribution in [0.1, 0.15) is 23.1 Å². The molecule has 0 saturated carbocycles. The molecule has 0 unspecified atom stereocenters. The number of nitrogens with zero attached hydrogens (tertiary/aromatic N) is 2. The first-order valence-corrected chi connectivity index (χ1v) is 8.16. The molecule has 2 aromatic rings. The fraction of sp³-hybridized carbons (Fsp3) is 0.267. The number of carbonyl (C=O) groups is 2. The van der Waals surface area contributed by atoms with Crippen molar-refractivity contribution in [2.75, 3.05) is 11.9 Å². The second-order valence-corrected chi connectivity index (χ2v) is 6.04. The van der Waals surface area contributed by atoms with E-state index in [9.17, 15) is 9.59 Å². The fourth-order valence-corrected chi connectivity index (χ4v) is 2.97. The summed E-state index contributed by atoms with van der Waals surface area (Å²) in [7, 11) is 0. The molecule has 8 heteroatoms. The van der Waals surface area contributed by atoms with Crippen LogP contribution in [-0.2, 0) is 17.9 Å². The van der Waals surface area contributed by atoms with Crippen molar-refractivity contribution in [3.05, 3.63) is 39.7 Å². The smallest absolute Gasteiger partial charge is 0.318 e. The molecular weight excluding hydrogens is 314 g/mol. The summed E-state index contributed by atoms with van der Waals surface area (Å²) in [5.74, 6) is 0.233. The highest BCUT2D eigenvalue weighted by Crippen LogP contribution is 2.27. The van der Waals surface area contributed by atoms with Crippen LogP contribution in [0.15, 0.2) is 23.6 Å². The molecule has 7 nitrogen and oxygen atoms in total. The molecule has 0 radical (unpaired) electrons. The van der Waals surface area contributed by atoms with Crippen molar-refractivity contribution >= 4 is 35.2 Å². The van der Waals surface area contributed by atoms with Gasteiger partial charge in [-0.15, -0.1) is 11.3 Å². The predicted molar refractivity (Wildman–Crippen MR) is 88.9 cm³/mol. The van der Waals surface area contributed by atoms with E-state index in [2.05, 4.69) is 20.8 Å². The zero-order valence-corrected chi connectivity index (χ0v) is 13.4. The summed E-state index contributed by atoms with van der Waals surface area (Å²) in [6.45, 7) is 3.36. The number of thiophene rings is 1. The van der Waals surface area contributed by atoms with E-state index in [4.69, 9.17) is 0 Å². The minimum atomic E-state index is -0.246. The summed E-state index contributed by atoms with van der Waals surface area (Å²) in [6, 6.07) is 3.75. The molecule has 1 aliphatic rings. The highest BCUT2D eigenvalue weighted by atomic mass is 32.1. The van der Waals surface area contributed by atoms with Crippen LogP contribution >= 0.6 is 11.3 Å². The Balaban J connectivity index is 1.63. The third-order valence-electron chi connectivity index (χ3n) is 3.45. The lowest BCUT2D eigenvalue weighted by atomic mass is 10.3. The van der Waals surface area contributed by atoms with Gasteiger partial charge in [0.1, 0.15) is 0 Å². The number of H-pyrrole nitrogens is 1. The minimum Gasteiger partial charge on any atom is -0.338 e. The van der Waals surface area contributed by atoms with Gasteiger partial charge in [-0.05, 0) is 24.4 Å². The average molecular weight is 331 g/mol. The second kappa shape index (κ2) is 6.66. The molecule has 3 amide bonds. The molecule has 0 atom stereocenters. The predicted octanol–water partition coefficient (Wildman–Crippen LogP) is 2.17. The van der Waals surface area contributed by atoms with Gasteiger partial charge in [-0.25, -0.2) is 4.79 Å². The van der Waals surface area contributed by atoms with Gasteiger partial charge < -0.3 is 15.5 Å². The average Bonchev–Trinajstić information content (AvgIpc) is 3.23. The van der Waals surface area contributed by atoms with Crippen LogP contribution in [0, 0.1) is 0 Å². The van der Waals surface area contributed by atoms with Crippen LogP contribution in [0.5, 0.6) is 0 Å². The SMILES string of the molecule is CCNC(=O)N1Cc2[nH]nc(NC(=O)C=Cc3cccs3)c2C1. The maximum Gasteiger partial charge on any atom is 0.318 e. The van der Waals surface area contributed by atoms with E-state index >= 15 is 0 Å². The molecule has 0 spiro atoms. The molecule has 0 aromatic carbocycles. The quantitative estimate of drug-likeness (QED) is 0.750. The van der Waals surface area contributed by atoms with Crippen molar-refractivity contribution in [1.82, 2.24) is 20.4 Å². The third-order valence-corrected chi connectivity index (χ3v) is 4.29. The van der Waals surface area contributed by atoms with Gasteiger partial charge in [-0.2, -0.15) is 5.10 Å². The van der Waals surface area contributed by atoms with E-state index in [-0.39, 0.29) is 11.9 Å². The summed E-state index contributed by atoms with van der Waals surface area (Å²) < 4.78 is 0. The Bertz CT molecular complexity index is 735. The van der Waals surface area contributed by atoms with Crippen LogP contribution in [0.25, 0.3) is 6.08 Å². The first kappa shape index (κ1) is 15.3. The monoisotopic (exact) mass is 331 g/mol. The number of hydrogen-bond donors (Lipinski definition) is 3. The van der Waals surface area contributed by atoms with E-state index in [1.54, 1.807) is 22.3 Å². The van der Waals surface area contributed by atoms with E-state index in [1.165, 1.54) is 6.08 Å². The van der Waals surface area contributed by atoms with Crippen LogP contribution in [0.3, 0.4) is 0 Å². The molecule has 3 heterocycles. The summed E-state index contributed by atoms with van der Waals surface area (Å²) in [4.78, 5) is 26.5. The highest BCUT2D eigenvalue weighted by Gasteiger charge is 2.28. The first-order valence-electron chi connectivity index (χ1n) is 7.29. The summed E-state index contributed by atoms with van der Waals surface area (Å²) in [5.41, 5.74) is 1.71. The normalized spacial score (nSPS) is 13.3. The standard InChI is InChI=1S/C15H17N5O2S/c1-2-16-15(22)20-8-11-12(9-20)18-19-14(11)17-13(21)6-5-10-4-3-7-23-10/h3-7H,2,8-9H2,1H3,(H,16,22)(H2,17,18,19,21).